The summed E-state index contributed by atoms with van der Waals surface area (Å²) in [5.74, 6) is 0.599. The van der Waals surface area contributed by atoms with E-state index >= 15 is 0 Å². The predicted octanol–water partition coefficient (Wildman–Crippen LogP) is 3.13. The van der Waals surface area contributed by atoms with E-state index in [2.05, 4.69) is 50.4 Å². The molecule has 2 heteroatoms. The maximum absolute atomic E-state index is 11.4. The molecule has 0 amide bonds. The van der Waals surface area contributed by atoms with E-state index in [4.69, 9.17) is 0 Å². The molecule has 0 saturated carbocycles. The maximum atomic E-state index is 11.4. The minimum absolute atomic E-state index is 0.00173. The number of benzene rings is 1. The van der Waals surface area contributed by atoms with Gasteiger partial charge in [0, 0.05) is 0 Å². The summed E-state index contributed by atoms with van der Waals surface area (Å²) in [5.41, 5.74) is 2.76. The average molecular weight is 247 g/mol. The Labute approximate surface area is 111 Å². The van der Waals surface area contributed by atoms with Crippen LogP contribution in [0.1, 0.15) is 38.3 Å². The first kappa shape index (κ1) is 14.9. The number of aryl methyl sites for hydroxylation is 2. The third-order valence-corrected chi connectivity index (χ3v) is 3.35. The quantitative estimate of drug-likeness (QED) is 0.750. The first-order valence-electron chi connectivity index (χ1n) is 6.80. The summed E-state index contributed by atoms with van der Waals surface area (Å²) in [6.07, 6.45) is 2.14. The molecule has 2 nitrogen and oxygen atoms in total. The molecule has 0 fully saturated rings. The second-order valence-electron chi connectivity index (χ2n) is 5.32. The van der Waals surface area contributed by atoms with E-state index in [0.717, 1.165) is 19.4 Å². The number of hydrogen-bond donors (Lipinski definition) is 1. The zero-order chi connectivity index (χ0) is 13.5. The highest BCUT2D eigenvalue weighted by molar-refractivity contribution is 5.81. The summed E-state index contributed by atoms with van der Waals surface area (Å²) in [6.45, 7) is 8.88. The van der Waals surface area contributed by atoms with Crippen molar-refractivity contribution in [1.29, 1.82) is 0 Å². The number of carbonyl (C=O) groups is 1. The SMILES string of the molecule is CC(=O)C(NCCCc1ccccc1C)C(C)C. The van der Waals surface area contributed by atoms with Crippen molar-refractivity contribution in [2.24, 2.45) is 5.92 Å². The summed E-state index contributed by atoms with van der Waals surface area (Å²) in [5, 5.41) is 3.36. The molecule has 18 heavy (non-hydrogen) atoms. The molecule has 0 aliphatic heterocycles. The Morgan fingerprint density at radius 2 is 1.94 bits per heavy atom. The van der Waals surface area contributed by atoms with E-state index in [1.54, 1.807) is 6.92 Å². The third-order valence-electron chi connectivity index (χ3n) is 3.35. The van der Waals surface area contributed by atoms with Gasteiger partial charge in [0.15, 0.2) is 0 Å². The fourth-order valence-corrected chi connectivity index (χ4v) is 2.28. The van der Waals surface area contributed by atoms with Crippen molar-refractivity contribution in [3.63, 3.8) is 0 Å². The lowest BCUT2D eigenvalue weighted by Crippen LogP contribution is -2.40. The highest BCUT2D eigenvalue weighted by Gasteiger charge is 2.16. The van der Waals surface area contributed by atoms with Gasteiger partial charge >= 0.3 is 0 Å². The number of Topliss-reactive ketones (excluding diaryl/α,β-unsaturated/α-hetero) is 1. The molecular weight excluding hydrogens is 222 g/mol. The highest BCUT2D eigenvalue weighted by atomic mass is 16.1. The molecule has 0 spiro atoms. The van der Waals surface area contributed by atoms with Gasteiger partial charge < -0.3 is 5.32 Å². The molecule has 1 N–H and O–H groups in total. The lowest BCUT2D eigenvalue weighted by Gasteiger charge is -2.19. The second kappa shape index (κ2) is 7.32. The minimum atomic E-state index is 0.00173. The maximum Gasteiger partial charge on any atom is 0.146 e. The monoisotopic (exact) mass is 247 g/mol. The van der Waals surface area contributed by atoms with E-state index in [9.17, 15) is 4.79 Å². The van der Waals surface area contributed by atoms with Crippen LogP contribution in [0.2, 0.25) is 0 Å². The fraction of sp³-hybridized carbons (Fsp3) is 0.562. The van der Waals surface area contributed by atoms with E-state index in [1.165, 1.54) is 11.1 Å². The van der Waals surface area contributed by atoms with Crippen molar-refractivity contribution in [3.05, 3.63) is 35.4 Å². The van der Waals surface area contributed by atoms with Crippen molar-refractivity contribution in [2.75, 3.05) is 6.54 Å². The van der Waals surface area contributed by atoms with Gasteiger partial charge in [-0.25, -0.2) is 0 Å². The molecule has 1 atom stereocenters. The van der Waals surface area contributed by atoms with E-state index in [1.807, 2.05) is 0 Å². The van der Waals surface area contributed by atoms with Gasteiger partial charge in [-0.1, -0.05) is 38.1 Å². The van der Waals surface area contributed by atoms with Crippen molar-refractivity contribution < 1.29 is 4.79 Å². The van der Waals surface area contributed by atoms with Crippen LogP contribution in [0.4, 0.5) is 0 Å². The van der Waals surface area contributed by atoms with Crippen molar-refractivity contribution in [2.45, 2.75) is 46.6 Å². The Hall–Kier alpha value is -1.15. The minimum Gasteiger partial charge on any atom is -0.307 e. The van der Waals surface area contributed by atoms with Gasteiger partial charge in [-0.3, -0.25) is 4.79 Å². The van der Waals surface area contributed by atoms with Gasteiger partial charge in [0.25, 0.3) is 0 Å². The number of ketones is 1. The zero-order valence-electron chi connectivity index (χ0n) is 12.0. The first-order chi connectivity index (χ1) is 8.52. The number of carbonyl (C=O) groups excluding carboxylic acids is 1. The van der Waals surface area contributed by atoms with Crippen LogP contribution in [0.25, 0.3) is 0 Å². The largest absolute Gasteiger partial charge is 0.307 e. The van der Waals surface area contributed by atoms with Crippen LogP contribution in [0.3, 0.4) is 0 Å². The summed E-state index contributed by atoms with van der Waals surface area (Å²) in [4.78, 5) is 11.4. The molecule has 1 unspecified atom stereocenters. The van der Waals surface area contributed by atoms with Crippen LogP contribution in [-0.4, -0.2) is 18.4 Å². The molecule has 0 heterocycles. The average Bonchev–Trinajstić information content (AvgIpc) is 2.30. The van der Waals surface area contributed by atoms with Crippen LogP contribution in [0.15, 0.2) is 24.3 Å². The second-order valence-corrected chi connectivity index (χ2v) is 5.32. The molecule has 0 aliphatic rings. The molecule has 1 aromatic carbocycles. The van der Waals surface area contributed by atoms with Gasteiger partial charge in [0.1, 0.15) is 5.78 Å². The summed E-state index contributed by atoms with van der Waals surface area (Å²) >= 11 is 0. The van der Waals surface area contributed by atoms with E-state index in [-0.39, 0.29) is 11.8 Å². The number of nitrogens with one attached hydrogen (secondary N) is 1. The molecule has 0 aromatic heterocycles. The summed E-state index contributed by atoms with van der Waals surface area (Å²) < 4.78 is 0. The van der Waals surface area contributed by atoms with Gasteiger partial charge in [0.05, 0.1) is 6.04 Å². The van der Waals surface area contributed by atoms with Crippen molar-refractivity contribution >= 4 is 5.78 Å². The molecule has 1 aromatic rings. The lowest BCUT2D eigenvalue weighted by molar-refractivity contribution is -0.119. The Morgan fingerprint density at radius 3 is 2.50 bits per heavy atom. The van der Waals surface area contributed by atoms with Crippen LogP contribution < -0.4 is 5.32 Å². The molecule has 0 radical (unpaired) electrons. The topological polar surface area (TPSA) is 29.1 Å². The van der Waals surface area contributed by atoms with Gasteiger partial charge in [0.2, 0.25) is 0 Å². The van der Waals surface area contributed by atoms with Gasteiger partial charge in [-0.05, 0) is 50.3 Å². The van der Waals surface area contributed by atoms with Crippen molar-refractivity contribution in [3.8, 4) is 0 Å². The third kappa shape index (κ3) is 4.61. The Bertz CT molecular complexity index is 384. The normalized spacial score (nSPS) is 12.7. The van der Waals surface area contributed by atoms with Crippen LogP contribution >= 0.6 is 0 Å². The fourth-order valence-electron chi connectivity index (χ4n) is 2.28. The van der Waals surface area contributed by atoms with Crippen LogP contribution in [0, 0.1) is 12.8 Å². The van der Waals surface area contributed by atoms with Gasteiger partial charge in [-0.2, -0.15) is 0 Å². The molecule has 0 bridgehead atoms. The number of rotatable bonds is 7. The van der Waals surface area contributed by atoms with Crippen LogP contribution in [-0.2, 0) is 11.2 Å². The number of hydrogen-bond acceptors (Lipinski definition) is 2. The van der Waals surface area contributed by atoms with Crippen LogP contribution in [0.5, 0.6) is 0 Å². The standard InChI is InChI=1S/C16H25NO/c1-12(2)16(14(4)18)17-11-7-10-15-9-6-5-8-13(15)3/h5-6,8-9,12,16-17H,7,10-11H2,1-4H3. The van der Waals surface area contributed by atoms with Gasteiger partial charge in [-0.15, -0.1) is 0 Å². The van der Waals surface area contributed by atoms with E-state index in [0.29, 0.717) is 5.92 Å². The molecule has 0 saturated heterocycles. The smallest absolute Gasteiger partial charge is 0.146 e. The molecular formula is C16H25NO. The summed E-state index contributed by atoms with van der Waals surface area (Å²) in [7, 11) is 0. The molecule has 0 aliphatic carbocycles. The Balaban J connectivity index is 2.34. The molecule has 1 rings (SSSR count). The van der Waals surface area contributed by atoms with E-state index < -0.39 is 0 Å². The Morgan fingerprint density at radius 1 is 1.28 bits per heavy atom. The lowest BCUT2D eigenvalue weighted by atomic mass is 10.00. The highest BCUT2D eigenvalue weighted by Crippen LogP contribution is 2.09. The zero-order valence-corrected chi connectivity index (χ0v) is 12.0. The Kier molecular flexibility index (Phi) is 6.06. The summed E-state index contributed by atoms with van der Waals surface area (Å²) in [6, 6.07) is 8.49. The predicted molar refractivity (Wildman–Crippen MR) is 76.8 cm³/mol. The molecule has 100 valence electrons. The van der Waals surface area contributed by atoms with Crippen molar-refractivity contribution in [1.82, 2.24) is 5.32 Å². The first-order valence-corrected chi connectivity index (χ1v) is 6.80.